The molecule has 0 bridgehead atoms. The molecular formula is C11H21F3N2. The van der Waals surface area contributed by atoms with E-state index in [4.69, 9.17) is 0 Å². The van der Waals surface area contributed by atoms with Gasteiger partial charge in [-0.05, 0) is 25.9 Å². The lowest BCUT2D eigenvalue weighted by atomic mass is 9.99. The van der Waals surface area contributed by atoms with Gasteiger partial charge in [-0.1, -0.05) is 13.8 Å². The van der Waals surface area contributed by atoms with Crippen LogP contribution in [0.2, 0.25) is 0 Å². The van der Waals surface area contributed by atoms with E-state index in [2.05, 4.69) is 19.2 Å². The maximum atomic E-state index is 12.7. The van der Waals surface area contributed by atoms with Crippen LogP contribution in [-0.2, 0) is 0 Å². The maximum Gasteiger partial charge on any atom is 0.393 e. The highest BCUT2D eigenvalue weighted by Gasteiger charge is 2.46. The molecule has 0 aromatic carbocycles. The minimum absolute atomic E-state index is 0.212. The molecule has 0 spiro atoms. The summed E-state index contributed by atoms with van der Waals surface area (Å²) in [5.41, 5.74) is 0. The first-order valence-electron chi connectivity index (χ1n) is 5.79. The molecule has 1 N–H and O–H groups in total. The van der Waals surface area contributed by atoms with Crippen LogP contribution in [0.5, 0.6) is 0 Å². The summed E-state index contributed by atoms with van der Waals surface area (Å²) in [6.07, 6.45) is -3.85. The quantitative estimate of drug-likeness (QED) is 0.807. The third-order valence-electron chi connectivity index (χ3n) is 2.95. The monoisotopic (exact) mass is 238 g/mol. The maximum absolute atomic E-state index is 12.7. The minimum Gasteiger partial charge on any atom is -0.312 e. The van der Waals surface area contributed by atoms with Gasteiger partial charge in [-0.25, -0.2) is 0 Å². The second-order valence-electron chi connectivity index (χ2n) is 5.11. The Morgan fingerprint density at radius 3 is 2.50 bits per heavy atom. The van der Waals surface area contributed by atoms with E-state index in [-0.39, 0.29) is 6.42 Å². The first-order chi connectivity index (χ1) is 7.30. The molecule has 5 heteroatoms. The second-order valence-corrected chi connectivity index (χ2v) is 5.11. The van der Waals surface area contributed by atoms with Gasteiger partial charge in [0.05, 0.1) is 5.92 Å². The van der Waals surface area contributed by atoms with Crippen LogP contribution in [0, 0.1) is 11.8 Å². The van der Waals surface area contributed by atoms with Crippen molar-refractivity contribution in [3.8, 4) is 0 Å². The average molecular weight is 238 g/mol. The summed E-state index contributed by atoms with van der Waals surface area (Å²) in [6.45, 7) is 5.93. The van der Waals surface area contributed by atoms with E-state index in [0.29, 0.717) is 19.0 Å². The van der Waals surface area contributed by atoms with Crippen molar-refractivity contribution in [2.75, 3.05) is 26.7 Å². The Bertz CT molecular complexity index is 216. The van der Waals surface area contributed by atoms with E-state index in [1.807, 2.05) is 11.9 Å². The lowest BCUT2D eigenvalue weighted by Crippen LogP contribution is -2.44. The van der Waals surface area contributed by atoms with Crippen LogP contribution >= 0.6 is 0 Å². The number of alkyl halides is 3. The van der Waals surface area contributed by atoms with Gasteiger partial charge < -0.3 is 10.2 Å². The smallest absolute Gasteiger partial charge is 0.312 e. The molecule has 1 saturated heterocycles. The molecule has 0 aliphatic carbocycles. The van der Waals surface area contributed by atoms with Crippen LogP contribution in [-0.4, -0.2) is 43.8 Å². The highest BCUT2D eigenvalue weighted by molar-refractivity contribution is 4.89. The van der Waals surface area contributed by atoms with Crippen LogP contribution in [0.25, 0.3) is 0 Å². The topological polar surface area (TPSA) is 15.3 Å². The molecule has 2 nitrogen and oxygen atoms in total. The fraction of sp³-hybridized carbons (Fsp3) is 1.00. The van der Waals surface area contributed by atoms with Gasteiger partial charge in [0.1, 0.15) is 0 Å². The van der Waals surface area contributed by atoms with Crippen molar-refractivity contribution < 1.29 is 13.2 Å². The summed E-state index contributed by atoms with van der Waals surface area (Å²) in [5.74, 6) is -0.696. The number of rotatable bonds is 4. The SMILES string of the molecule is CC(C)CN(C)CC1NCCC1C(F)(F)F. The Morgan fingerprint density at radius 1 is 1.38 bits per heavy atom. The van der Waals surface area contributed by atoms with Crippen LogP contribution in [0.15, 0.2) is 0 Å². The van der Waals surface area contributed by atoms with Crippen LogP contribution in [0.4, 0.5) is 13.2 Å². The van der Waals surface area contributed by atoms with E-state index in [9.17, 15) is 13.2 Å². The third-order valence-corrected chi connectivity index (χ3v) is 2.95. The molecule has 1 fully saturated rings. The van der Waals surface area contributed by atoms with Gasteiger partial charge >= 0.3 is 6.18 Å². The molecule has 2 unspecified atom stereocenters. The zero-order chi connectivity index (χ0) is 12.3. The van der Waals surface area contributed by atoms with Crippen molar-refractivity contribution >= 4 is 0 Å². The van der Waals surface area contributed by atoms with Gasteiger partial charge in [-0.2, -0.15) is 13.2 Å². The van der Waals surface area contributed by atoms with Crippen molar-refractivity contribution in [1.29, 1.82) is 0 Å². The molecule has 16 heavy (non-hydrogen) atoms. The lowest BCUT2D eigenvalue weighted by Gasteiger charge is -2.27. The molecular weight excluding hydrogens is 217 g/mol. The molecule has 0 aromatic rings. The van der Waals surface area contributed by atoms with E-state index in [1.54, 1.807) is 0 Å². The van der Waals surface area contributed by atoms with Crippen molar-refractivity contribution in [2.24, 2.45) is 11.8 Å². The Morgan fingerprint density at radius 2 is 2.00 bits per heavy atom. The van der Waals surface area contributed by atoms with Crippen LogP contribution < -0.4 is 5.32 Å². The van der Waals surface area contributed by atoms with Gasteiger partial charge in [0.15, 0.2) is 0 Å². The zero-order valence-electron chi connectivity index (χ0n) is 10.1. The number of nitrogens with one attached hydrogen (secondary N) is 1. The second kappa shape index (κ2) is 5.36. The van der Waals surface area contributed by atoms with Gasteiger partial charge in [0.2, 0.25) is 0 Å². The highest BCUT2D eigenvalue weighted by atomic mass is 19.4. The molecule has 0 saturated carbocycles. The first-order valence-corrected chi connectivity index (χ1v) is 5.79. The van der Waals surface area contributed by atoms with Crippen LogP contribution in [0.1, 0.15) is 20.3 Å². The zero-order valence-corrected chi connectivity index (χ0v) is 10.1. The molecule has 0 amide bonds. The van der Waals surface area contributed by atoms with E-state index in [0.717, 1.165) is 6.54 Å². The van der Waals surface area contributed by atoms with Crippen molar-refractivity contribution in [1.82, 2.24) is 10.2 Å². The standard InChI is InChI=1S/C11H21F3N2/c1-8(2)6-16(3)7-10-9(4-5-15-10)11(12,13)14/h8-10,15H,4-7H2,1-3H3. The summed E-state index contributed by atoms with van der Waals surface area (Å²) >= 11 is 0. The fourth-order valence-corrected chi connectivity index (χ4v) is 2.38. The molecule has 96 valence electrons. The summed E-state index contributed by atoms with van der Waals surface area (Å²) in [4.78, 5) is 1.98. The molecule has 1 aliphatic rings. The number of nitrogens with zero attached hydrogens (tertiary/aromatic N) is 1. The molecule has 2 atom stereocenters. The van der Waals surface area contributed by atoms with Gasteiger partial charge in [0, 0.05) is 19.1 Å². The first kappa shape index (κ1) is 13.8. The molecule has 1 rings (SSSR count). The fourth-order valence-electron chi connectivity index (χ4n) is 2.38. The van der Waals surface area contributed by atoms with E-state index < -0.39 is 18.1 Å². The number of halogens is 3. The van der Waals surface area contributed by atoms with E-state index >= 15 is 0 Å². The Hall–Kier alpha value is -0.290. The lowest BCUT2D eigenvalue weighted by molar-refractivity contribution is -0.177. The van der Waals surface area contributed by atoms with Gasteiger partial charge in [-0.3, -0.25) is 0 Å². The Kier molecular flexibility index (Phi) is 4.62. The Balaban J connectivity index is 2.47. The normalized spacial score (nSPS) is 27.0. The molecule has 1 heterocycles. The predicted molar refractivity (Wildman–Crippen MR) is 58.3 cm³/mol. The minimum atomic E-state index is -4.06. The van der Waals surface area contributed by atoms with Crippen molar-refractivity contribution in [3.05, 3.63) is 0 Å². The number of hydrogen-bond donors (Lipinski definition) is 1. The third kappa shape index (κ3) is 3.94. The van der Waals surface area contributed by atoms with Crippen molar-refractivity contribution in [3.63, 3.8) is 0 Å². The summed E-state index contributed by atoms with van der Waals surface area (Å²) in [6, 6.07) is -0.441. The molecule has 0 radical (unpaired) electrons. The average Bonchev–Trinajstić information content (AvgIpc) is 2.48. The summed E-state index contributed by atoms with van der Waals surface area (Å²) in [7, 11) is 1.88. The predicted octanol–water partition coefficient (Wildman–Crippen LogP) is 2.11. The summed E-state index contributed by atoms with van der Waals surface area (Å²) < 4.78 is 38.0. The molecule has 0 aromatic heterocycles. The molecule has 1 aliphatic heterocycles. The number of likely N-dealkylation sites (N-methyl/N-ethyl adjacent to an activating group) is 1. The largest absolute Gasteiger partial charge is 0.393 e. The van der Waals surface area contributed by atoms with Gasteiger partial charge in [-0.15, -0.1) is 0 Å². The van der Waals surface area contributed by atoms with Crippen molar-refractivity contribution in [2.45, 2.75) is 32.5 Å². The summed E-state index contributed by atoms with van der Waals surface area (Å²) in [5, 5.41) is 2.96. The Labute approximate surface area is 95.2 Å². The van der Waals surface area contributed by atoms with Crippen LogP contribution in [0.3, 0.4) is 0 Å². The highest BCUT2D eigenvalue weighted by Crippen LogP contribution is 2.34. The number of hydrogen-bond acceptors (Lipinski definition) is 2. The van der Waals surface area contributed by atoms with Gasteiger partial charge in [0.25, 0.3) is 0 Å². The van der Waals surface area contributed by atoms with E-state index in [1.165, 1.54) is 0 Å².